The highest BCUT2D eigenvalue weighted by Crippen LogP contribution is 2.23. The first-order valence-electron chi connectivity index (χ1n) is 9.12. The molecule has 0 bridgehead atoms. The fourth-order valence-corrected chi connectivity index (χ4v) is 3.23. The van der Waals surface area contributed by atoms with Gasteiger partial charge in [-0.1, -0.05) is 39.3 Å². The highest BCUT2D eigenvalue weighted by Gasteiger charge is 2.30. The molecule has 0 saturated carbocycles. The largest absolute Gasteiger partial charge is 0.480 e. The van der Waals surface area contributed by atoms with Crippen molar-refractivity contribution in [1.29, 1.82) is 0 Å². The number of nitrogens with one attached hydrogen (secondary N) is 2. The summed E-state index contributed by atoms with van der Waals surface area (Å²) in [7, 11) is 1.76. The maximum absolute atomic E-state index is 12.8. The standard InChI is InChI=1S/C20H26ClN3O4/c1-10(2)16(19(26)23-17(11(3)4)20(27)28)22-18(25)15-9-12-8-13(21)6-7-14(12)24(15)5/h6-11,16-17H,1-5H3,(H,22,25)(H,23,26)(H,27,28)/t16-,17-/m0/s1. The third-order valence-electron chi connectivity index (χ3n) is 4.70. The molecule has 8 heteroatoms. The lowest BCUT2D eigenvalue weighted by Gasteiger charge is -2.25. The summed E-state index contributed by atoms with van der Waals surface area (Å²) in [5.74, 6) is -2.56. The van der Waals surface area contributed by atoms with Crippen molar-refractivity contribution >= 4 is 40.3 Å². The van der Waals surface area contributed by atoms with E-state index >= 15 is 0 Å². The van der Waals surface area contributed by atoms with Crippen LogP contribution in [0.15, 0.2) is 24.3 Å². The molecule has 2 amide bonds. The number of amides is 2. The first kappa shape index (κ1) is 21.8. The minimum Gasteiger partial charge on any atom is -0.480 e. The summed E-state index contributed by atoms with van der Waals surface area (Å²) in [4.78, 5) is 36.9. The zero-order chi connectivity index (χ0) is 21.2. The number of hydrogen-bond donors (Lipinski definition) is 3. The van der Waals surface area contributed by atoms with Crippen LogP contribution in [0.3, 0.4) is 0 Å². The Kier molecular flexibility index (Phi) is 6.72. The summed E-state index contributed by atoms with van der Waals surface area (Å²) in [6.07, 6.45) is 0. The fraction of sp³-hybridized carbons (Fsp3) is 0.450. The van der Waals surface area contributed by atoms with Crippen LogP contribution >= 0.6 is 11.6 Å². The van der Waals surface area contributed by atoms with Crippen LogP contribution < -0.4 is 10.6 Å². The SMILES string of the molecule is CC(C)[C@H](NC(=O)[C@@H](NC(=O)c1cc2cc(Cl)ccc2n1C)C(C)C)C(=O)O. The maximum atomic E-state index is 12.8. The first-order chi connectivity index (χ1) is 13.0. The Morgan fingerprint density at radius 2 is 1.61 bits per heavy atom. The Balaban J connectivity index is 2.24. The van der Waals surface area contributed by atoms with E-state index < -0.39 is 29.9 Å². The van der Waals surface area contributed by atoms with Crippen molar-refractivity contribution in [3.8, 4) is 0 Å². The van der Waals surface area contributed by atoms with Crippen molar-refractivity contribution in [2.24, 2.45) is 18.9 Å². The molecule has 0 radical (unpaired) electrons. The lowest BCUT2D eigenvalue weighted by Crippen LogP contribution is -2.55. The van der Waals surface area contributed by atoms with Crippen LogP contribution in [0, 0.1) is 11.8 Å². The quantitative estimate of drug-likeness (QED) is 0.656. The van der Waals surface area contributed by atoms with Crippen molar-refractivity contribution in [2.45, 2.75) is 39.8 Å². The third-order valence-corrected chi connectivity index (χ3v) is 4.94. The Labute approximate surface area is 169 Å². The Morgan fingerprint density at radius 3 is 2.14 bits per heavy atom. The van der Waals surface area contributed by atoms with Crippen LogP contribution in [0.1, 0.15) is 38.2 Å². The smallest absolute Gasteiger partial charge is 0.326 e. The molecule has 0 aliphatic rings. The van der Waals surface area contributed by atoms with E-state index in [1.807, 2.05) is 6.07 Å². The van der Waals surface area contributed by atoms with E-state index in [-0.39, 0.29) is 11.8 Å². The normalized spacial score (nSPS) is 13.6. The number of carboxylic acids is 1. The number of halogens is 1. The summed E-state index contributed by atoms with van der Waals surface area (Å²) in [5, 5.41) is 15.9. The number of aromatic nitrogens is 1. The van der Waals surface area contributed by atoms with Gasteiger partial charge in [-0.05, 0) is 36.1 Å². The van der Waals surface area contributed by atoms with E-state index in [0.717, 1.165) is 10.9 Å². The second kappa shape index (κ2) is 8.65. The van der Waals surface area contributed by atoms with Crippen LogP contribution in [0.5, 0.6) is 0 Å². The Morgan fingerprint density at radius 1 is 1.00 bits per heavy atom. The minimum absolute atomic E-state index is 0.227. The minimum atomic E-state index is -1.11. The molecule has 2 atom stereocenters. The van der Waals surface area contributed by atoms with Gasteiger partial charge in [0.15, 0.2) is 0 Å². The number of carboxylic acid groups (broad SMARTS) is 1. The molecule has 0 aliphatic heterocycles. The van der Waals surface area contributed by atoms with Gasteiger partial charge in [0, 0.05) is 23.0 Å². The number of nitrogens with zero attached hydrogens (tertiary/aromatic N) is 1. The predicted octanol–water partition coefficient (Wildman–Crippen LogP) is 2.81. The maximum Gasteiger partial charge on any atom is 0.326 e. The molecule has 0 spiro atoms. The second-order valence-electron chi connectivity index (χ2n) is 7.56. The molecule has 28 heavy (non-hydrogen) atoms. The van der Waals surface area contributed by atoms with E-state index in [2.05, 4.69) is 10.6 Å². The van der Waals surface area contributed by atoms with Crippen molar-refractivity contribution in [1.82, 2.24) is 15.2 Å². The number of aliphatic carboxylic acids is 1. The van der Waals surface area contributed by atoms with Gasteiger partial charge in [0.25, 0.3) is 5.91 Å². The third kappa shape index (κ3) is 4.65. The van der Waals surface area contributed by atoms with Gasteiger partial charge in [0.05, 0.1) is 0 Å². The number of carbonyl (C=O) groups excluding carboxylic acids is 2. The molecule has 7 nitrogen and oxygen atoms in total. The molecule has 1 heterocycles. The zero-order valence-corrected chi connectivity index (χ0v) is 17.4. The van der Waals surface area contributed by atoms with Crippen molar-refractivity contribution in [3.05, 3.63) is 35.0 Å². The Bertz CT molecular complexity index is 904. The van der Waals surface area contributed by atoms with Crippen LogP contribution in [0.25, 0.3) is 10.9 Å². The number of hydrogen-bond acceptors (Lipinski definition) is 3. The molecule has 1 aromatic heterocycles. The van der Waals surface area contributed by atoms with E-state index in [0.29, 0.717) is 10.7 Å². The molecule has 0 unspecified atom stereocenters. The summed E-state index contributed by atoms with van der Waals surface area (Å²) >= 11 is 6.02. The topological polar surface area (TPSA) is 100 Å². The van der Waals surface area contributed by atoms with Gasteiger partial charge in [-0.15, -0.1) is 0 Å². The lowest BCUT2D eigenvalue weighted by atomic mass is 10.00. The number of rotatable bonds is 7. The van der Waals surface area contributed by atoms with Crippen LogP contribution in [0.2, 0.25) is 5.02 Å². The number of fused-ring (bicyclic) bond motifs is 1. The molecule has 1 aromatic carbocycles. The summed E-state index contributed by atoms with van der Waals surface area (Å²) in [6.45, 7) is 7.00. The van der Waals surface area contributed by atoms with Gasteiger partial charge in [-0.25, -0.2) is 4.79 Å². The van der Waals surface area contributed by atoms with Gasteiger partial charge < -0.3 is 20.3 Å². The van der Waals surface area contributed by atoms with E-state index in [9.17, 15) is 19.5 Å². The molecular weight excluding hydrogens is 382 g/mol. The molecule has 0 saturated heterocycles. The van der Waals surface area contributed by atoms with Crippen LogP contribution in [-0.2, 0) is 16.6 Å². The van der Waals surface area contributed by atoms with Gasteiger partial charge in [0.1, 0.15) is 17.8 Å². The summed E-state index contributed by atoms with van der Waals surface area (Å²) < 4.78 is 1.73. The fourth-order valence-electron chi connectivity index (χ4n) is 3.04. The molecule has 2 aromatic rings. The van der Waals surface area contributed by atoms with E-state index in [1.165, 1.54) is 0 Å². The summed E-state index contributed by atoms with van der Waals surface area (Å²) in [5.41, 5.74) is 1.22. The van der Waals surface area contributed by atoms with Crippen molar-refractivity contribution < 1.29 is 19.5 Å². The van der Waals surface area contributed by atoms with Gasteiger partial charge in [-0.3, -0.25) is 9.59 Å². The first-order valence-corrected chi connectivity index (χ1v) is 9.49. The molecule has 0 aliphatic carbocycles. The monoisotopic (exact) mass is 407 g/mol. The van der Waals surface area contributed by atoms with E-state index in [4.69, 9.17) is 11.6 Å². The second-order valence-corrected chi connectivity index (χ2v) is 7.99. The van der Waals surface area contributed by atoms with Crippen molar-refractivity contribution in [3.63, 3.8) is 0 Å². The highest BCUT2D eigenvalue weighted by molar-refractivity contribution is 6.31. The number of aryl methyl sites for hydroxylation is 1. The zero-order valence-electron chi connectivity index (χ0n) is 16.6. The van der Waals surface area contributed by atoms with E-state index in [1.54, 1.807) is 57.5 Å². The van der Waals surface area contributed by atoms with Crippen LogP contribution in [-0.4, -0.2) is 39.5 Å². The van der Waals surface area contributed by atoms with Crippen molar-refractivity contribution in [2.75, 3.05) is 0 Å². The van der Waals surface area contributed by atoms with Gasteiger partial charge >= 0.3 is 5.97 Å². The number of benzene rings is 1. The Hall–Kier alpha value is -2.54. The lowest BCUT2D eigenvalue weighted by molar-refractivity contribution is -0.143. The molecule has 2 rings (SSSR count). The summed E-state index contributed by atoms with van der Waals surface area (Å²) in [6, 6.07) is 5.15. The average Bonchev–Trinajstić information content (AvgIpc) is 2.92. The predicted molar refractivity (Wildman–Crippen MR) is 108 cm³/mol. The molecular formula is C20H26ClN3O4. The van der Waals surface area contributed by atoms with Gasteiger partial charge in [-0.2, -0.15) is 0 Å². The highest BCUT2D eigenvalue weighted by atomic mass is 35.5. The molecule has 152 valence electrons. The van der Waals surface area contributed by atoms with Crippen LogP contribution in [0.4, 0.5) is 0 Å². The molecule has 0 fully saturated rings. The average molecular weight is 408 g/mol. The van der Waals surface area contributed by atoms with Gasteiger partial charge in [0.2, 0.25) is 5.91 Å². The number of carbonyl (C=O) groups is 3. The molecule has 3 N–H and O–H groups in total.